The minimum absolute atomic E-state index is 0.112. The molecular weight excluding hydrogens is 536 g/mol. The van der Waals surface area contributed by atoms with Crippen molar-refractivity contribution in [2.75, 3.05) is 0 Å². The molecule has 0 spiro atoms. The Morgan fingerprint density at radius 2 is 1.69 bits per heavy atom. The summed E-state index contributed by atoms with van der Waals surface area (Å²) in [5.74, 6) is -1.27. The van der Waals surface area contributed by atoms with E-state index in [2.05, 4.69) is 10.6 Å². The first kappa shape index (κ1) is 29.1. The molecule has 1 aliphatic carbocycles. The fourth-order valence-electron chi connectivity index (χ4n) is 5.75. The zero-order valence-electron chi connectivity index (χ0n) is 24.0. The number of benzene rings is 2. The van der Waals surface area contributed by atoms with Crippen LogP contribution in [0, 0.1) is 6.92 Å². The minimum atomic E-state index is -1.16. The Hall–Kier alpha value is -4.40. The fraction of sp³-hybridized carbons (Fsp3) is 0.394. The number of amides is 2. The number of carboxylic acids is 1. The molecule has 42 heavy (non-hydrogen) atoms. The molecule has 1 aliphatic rings. The molecule has 2 heterocycles. The van der Waals surface area contributed by atoms with E-state index < -0.39 is 35.5 Å². The summed E-state index contributed by atoms with van der Waals surface area (Å²) < 4.78 is 11.7. The number of carboxylic acid groups (broad SMARTS) is 1. The summed E-state index contributed by atoms with van der Waals surface area (Å²) in [6, 6.07) is 10.7. The summed E-state index contributed by atoms with van der Waals surface area (Å²) in [4.78, 5) is 51.3. The molecule has 2 atom stereocenters. The zero-order valence-corrected chi connectivity index (χ0v) is 24.0. The normalized spacial score (nSPS) is 14.3. The van der Waals surface area contributed by atoms with E-state index in [-0.39, 0.29) is 18.4 Å². The Morgan fingerprint density at radius 3 is 2.43 bits per heavy atom. The van der Waals surface area contributed by atoms with Crippen molar-refractivity contribution >= 4 is 39.7 Å². The number of fused-ring (bicyclic) bond motifs is 4. The lowest BCUT2D eigenvalue weighted by molar-refractivity contribution is -0.142. The average Bonchev–Trinajstić information content (AvgIpc) is 3.34. The first-order valence-corrected chi connectivity index (χ1v) is 14.6. The van der Waals surface area contributed by atoms with Gasteiger partial charge in [-0.2, -0.15) is 0 Å². The number of carbonyl (C=O) groups excluding carboxylic acids is 2. The van der Waals surface area contributed by atoms with Crippen LogP contribution >= 0.6 is 0 Å². The summed E-state index contributed by atoms with van der Waals surface area (Å²) >= 11 is 0. The van der Waals surface area contributed by atoms with E-state index in [1.54, 1.807) is 37.3 Å². The molecular formula is C33H36N2O7. The molecule has 3 N–H and O–H groups in total. The van der Waals surface area contributed by atoms with Crippen LogP contribution in [0.4, 0.5) is 0 Å². The predicted molar refractivity (Wildman–Crippen MR) is 159 cm³/mol. The van der Waals surface area contributed by atoms with Gasteiger partial charge in [0, 0.05) is 35.2 Å². The van der Waals surface area contributed by atoms with Gasteiger partial charge in [0.2, 0.25) is 11.8 Å². The molecule has 2 aromatic carbocycles. The average molecular weight is 573 g/mol. The summed E-state index contributed by atoms with van der Waals surface area (Å²) in [6.45, 7) is 3.76. The van der Waals surface area contributed by atoms with Crippen LogP contribution in [0.5, 0.6) is 0 Å². The molecule has 0 saturated carbocycles. The fourth-order valence-corrected chi connectivity index (χ4v) is 5.75. The van der Waals surface area contributed by atoms with Gasteiger partial charge in [-0.15, -0.1) is 0 Å². The molecule has 0 unspecified atom stereocenters. The van der Waals surface area contributed by atoms with Gasteiger partial charge in [0.25, 0.3) is 0 Å². The molecule has 0 fully saturated rings. The number of rotatable bonds is 11. The Bertz CT molecular complexity index is 1690. The topological polar surface area (TPSA) is 139 Å². The maximum Gasteiger partial charge on any atom is 0.340 e. The second kappa shape index (κ2) is 12.6. The van der Waals surface area contributed by atoms with Gasteiger partial charge in [-0.25, -0.2) is 9.59 Å². The smallest absolute Gasteiger partial charge is 0.340 e. The lowest BCUT2D eigenvalue weighted by Gasteiger charge is -2.22. The molecule has 0 saturated heterocycles. The summed E-state index contributed by atoms with van der Waals surface area (Å²) in [5.41, 5.74) is 3.31. The first-order chi connectivity index (χ1) is 20.2. The van der Waals surface area contributed by atoms with E-state index in [1.165, 1.54) is 5.56 Å². The number of hydrogen-bond donors (Lipinski definition) is 3. The highest BCUT2D eigenvalue weighted by molar-refractivity contribution is 5.97. The van der Waals surface area contributed by atoms with Gasteiger partial charge in [0.1, 0.15) is 29.0 Å². The molecule has 2 amide bonds. The van der Waals surface area contributed by atoms with Crippen LogP contribution in [0.2, 0.25) is 0 Å². The summed E-state index contributed by atoms with van der Waals surface area (Å²) in [5, 5.41) is 16.8. The van der Waals surface area contributed by atoms with Crippen molar-refractivity contribution in [1.29, 1.82) is 0 Å². The van der Waals surface area contributed by atoms with Crippen molar-refractivity contribution in [2.45, 2.75) is 83.7 Å². The molecule has 5 rings (SSSR count). The first-order valence-electron chi connectivity index (χ1n) is 14.6. The number of furan rings is 1. The van der Waals surface area contributed by atoms with Gasteiger partial charge >= 0.3 is 11.6 Å². The maximum atomic E-state index is 13.2. The van der Waals surface area contributed by atoms with Crippen molar-refractivity contribution in [1.82, 2.24) is 10.6 Å². The van der Waals surface area contributed by atoms with Crippen LogP contribution < -0.4 is 16.3 Å². The number of nitrogens with one attached hydrogen (secondary N) is 2. The highest BCUT2D eigenvalue weighted by atomic mass is 16.4. The second-order valence-corrected chi connectivity index (χ2v) is 11.1. The van der Waals surface area contributed by atoms with Crippen LogP contribution in [-0.2, 0) is 40.1 Å². The third-order valence-corrected chi connectivity index (χ3v) is 8.10. The largest absolute Gasteiger partial charge is 0.480 e. The third-order valence-electron chi connectivity index (χ3n) is 8.10. The Labute approximate surface area is 243 Å². The number of aliphatic carboxylic acids is 1. The van der Waals surface area contributed by atoms with Crippen LogP contribution in [0.3, 0.4) is 0 Å². The van der Waals surface area contributed by atoms with Crippen LogP contribution in [0.25, 0.3) is 21.9 Å². The van der Waals surface area contributed by atoms with E-state index in [0.717, 1.165) is 54.2 Å². The van der Waals surface area contributed by atoms with E-state index in [4.69, 9.17) is 8.83 Å². The van der Waals surface area contributed by atoms with E-state index in [0.29, 0.717) is 29.6 Å². The molecule has 0 bridgehead atoms. The molecule has 0 aliphatic heterocycles. The highest BCUT2D eigenvalue weighted by Gasteiger charge is 2.27. The van der Waals surface area contributed by atoms with Crippen molar-refractivity contribution in [3.05, 3.63) is 80.9 Å². The van der Waals surface area contributed by atoms with Gasteiger partial charge in [0.05, 0.1) is 12.0 Å². The van der Waals surface area contributed by atoms with E-state index in [1.807, 2.05) is 19.1 Å². The number of aryl methyl sites for hydroxylation is 3. The van der Waals surface area contributed by atoms with E-state index >= 15 is 0 Å². The monoisotopic (exact) mass is 572 g/mol. The zero-order chi connectivity index (χ0) is 29.8. The summed E-state index contributed by atoms with van der Waals surface area (Å²) in [6.07, 6.45) is 5.62. The van der Waals surface area contributed by atoms with Gasteiger partial charge < -0.3 is 24.6 Å². The standard InChI is InChI=1S/C33H36N2O7/c1-3-4-13-25(31(37)35-26(32(38)39)15-20-10-6-5-7-11-20)34-30(36)17-23-19(2)22-16-24-21-12-8-9-14-27(21)41-29(24)18-28(22)42-33(23)40/h5-7,10-11,16,18,25-26H,3-4,8-9,12-15,17H2,1-2H3,(H,34,36)(H,35,37)(H,38,39)/t25-,26+/m0/s1. The molecule has 2 aromatic heterocycles. The molecule has 220 valence electrons. The predicted octanol–water partition coefficient (Wildman–Crippen LogP) is 4.76. The van der Waals surface area contributed by atoms with Crippen molar-refractivity contribution in [3.63, 3.8) is 0 Å². The Balaban J connectivity index is 1.35. The second-order valence-electron chi connectivity index (χ2n) is 11.1. The number of hydrogen-bond acceptors (Lipinski definition) is 6. The lowest BCUT2D eigenvalue weighted by Crippen LogP contribution is -2.52. The van der Waals surface area contributed by atoms with Gasteiger partial charge in [-0.1, -0.05) is 50.1 Å². The van der Waals surface area contributed by atoms with Crippen LogP contribution in [0.15, 0.2) is 56.1 Å². The molecule has 0 radical (unpaired) electrons. The molecule has 9 heteroatoms. The maximum absolute atomic E-state index is 13.2. The highest BCUT2D eigenvalue weighted by Crippen LogP contribution is 2.35. The molecule has 9 nitrogen and oxygen atoms in total. The Morgan fingerprint density at radius 1 is 0.952 bits per heavy atom. The van der Waals surface area contributed by atoms with Crippen molar-refractivity contribution in [3.8, 4) is 0 Å². The van der Waals surface area contributed by atoms with Gasteiger partial charge in [-0.05, 0) is 49.8 Å². The van der Waals surface area contributed by atoms with Gasteiger partial charge in [-0.3, -0.25) is 9.59 Å². The Kier molecular flexibility index (Phi) is 8.75. The van der Waals surface area contributed by atoms with E-state index in [9.17, 15) is 24.3 Å². The third kappa shape index (κ3) is 6.25. The minimum Gasteiger partial charge on any atom is -0.480 e. The quantitative estimate of drug-likeness (QED) is 0.220. The summed E-state index contributed by atoms with van der Waals surface area (Å²) in [7, 11) is 0. The van der Waals surface area contributed by atoms with Crippen LogP contribution in [0.1, 0.15) is 67.0 Å². The SMILES string of the molecule is CCCC[C@H](NC(=O)Cc1c(C)c2cc3c4c(oc3cc2oc1=O)CCCC4)C(=O)N[C@H](Cc1ccccc1)C(=O)O. The van der Waals surface area contributed by atoms with Crippen molar-refractivity contribution < 1.29 is 28.3 Å². The van der Waals surface area contributed by atoms with Crippen LogP contribution in [-0.4, -0.2) is 35.0 Å². The van der Waals surface area contributed by atoms with Crippen molar-refractivity contribution in [2.24, 2.45) is 0 Å². The number of unbranched alkanes of at least 4 members (excludes halogenated alkanes) is 1. The van der Waals surface area contributed by atoms with Gasteiger partial charge in [0.15, 0.2) is 0 Å². The lowest BCUT2D eigenvalue weighted by atomic mass is 9.94. The molecule has 4 aromatic rings. The number of carbonyl (C=O) groups is 3.